The average Bonchev–Trinajstić information content (AvgIpc) is 1.66. The van der Waals surface area contributed by atoms with Crippen molar-refractivity contribution in [2.24, 2.45) is 0 Å². The van der Waals surface area contributed by atoms with E-state index >= 15 is 0 Å². The Morgan fingerprint density at radius 2 is 1.50 bits per heavy atom. The molecule has 0 amide bonds. The van der Waals surface area contributed by atoms with Gasteiger partial charge >= 0.3 is 0 Å². The second kappa shape index (κ2) is 16.3. The van der Waals surface area contributed by atoms with Crippen molar-refractivity contribution < 1.29 is 0 Å². The van der Waals surface area contributed by atoms with Crippen LogP contribution < -0.4 is 0 Å². The second-order valence-electron chi connectivity index (χ2n) is 2.42. The minimum absolute atomic E-state index is 0. The van der Waals surface area contributed by atoms with Crippen LogP contribution in [0.15, 0.2) is 0 Å². The molecule has 0 saturated heterocycles. The summed E-state index contributed by atoms with van der Waals surface area (Å²) in [5, 5.41) is 0. The van der Waals surface area contributed by atoms with Crippen LogP contribution in [0, 0.1) is 0 Å². The van der Waals surface area contributed by atoms with Crippen LogP contribution in [-0.2, 0) is 0 Å². The van der Waals surface area contributed by atoms with Gasteiger partial charge in [-0.3, -0.25) is 0 Å². The Morgan fingerprint density at radius 3 is 1.50 bits per heavy atom. The van der Waals surface area contributed by atoms with Crippen molar-refractivity contribution in [3.05, 3.63) is 0 Å². The highest BCUT2D eigenvalue weighted by Crippen LogP contribution is 1.85. The van der Waals surface area contributed by atoms with Gasteiger partial charge in [0.05, 0.1) is 0 Å². The maximum atomic E-state index is 4.00. The molecule has 10 heavy (non-hydrogen) atoms. The van der Waals surface area contributed by atoms with Crippen molar-refractivity contribution in [2.75, 3.05) is 26.9 Å². The number of unbranched alkanes of at least 4 members (excludes halogenated alkanes) is 1. The number of halogens is 1. The summed E-state index contributed by atoms with van der Waals surface area (Å²) >= 11 is 4.00. The predicted molar refractivity (Wildman–Crippen MR) is 55.6 cm³/mol. The zero-order chi connectivity index (χ0) is 7.70. The molecular weight excluding hydrogens is 166 g/mol. The summed E-state index contributed by atoms with van der Waals surface area (Å²) in [7, 11) is 6.00. The Hall–Kier alpha value is 0.600. The molecule has 0 bridgehead atoms. The number of rotatable bonds is 2. The van der Waals surface area contributed by atoms with Crippen LogP contribution in [0.3, 0.4) is 0 Å². The molecular formula is C7H20ClNS. The van der Waals surface area contributed by atoms with Crippen molar-refractivity contribution >= 4 is 25.0 Å². The van der Waals surface area contributed by atoms with Crippen LogP contribution in [-0.4, -0.2) is 31.8 Å². The van der Waals surface area contributed by atoms with E-state index in [1.165, 1.54) is 12.8 Å². The van der Waals surface area contributed by atoms with Crippen molar-refractivity contribution in [2.45, 2.75) is 19.8 Å². The van der Waals surface area contributed by atoms with Gasteiger partial charge in [-0.15, -0.1) is 12.4 Å². The van der Waals surface area contributed by atoms with E-state index in [1.807, 2.05) is 26.0 Å². The molecule has 0 radical (unpaired) electrons. The van der Waals surface area contributed by atoms with Crippen molar-refractivity contribution in [1.82, 2.24) is 4.90 Å². The van der Waals surface area contributed by atoms with E-state index in [0.717, 1.165) is 5.75 Å². The van der Waals surface area contributed by atoms with Gasteiger partial charge in [0, 0.05) is 0 Å². The molecule has 0 fully saturated rings. The lowest BCUT2D eigenvalue weighted by atomic mass is 10.4. The fourth-order valence-corrected chi connectivity index (χ4v) is 0.474. The first-order valence-corrected chi connectivity index (χ1v) is 4.00. The van der Waals surface area contributed by atoms with Gasteiger partial charge in [-0.05, 0) is 33.3 Å². The molecule has 66 valence electrons. The van der Waals surface area contributed by atoms with Gasteiger partial charge in [0.2, 0.25) is 0 Å². The molecule has 0 unspecified atom stereocenters. The lowest BCUT2D eigenvalue weighted by Crippen LogP contribution is -1.99. The topological polar surface area (TPSA) is 3.24 Å². The van der Waals surface area contributed by atoms with Gasteiger partial charge in [-0.25, -0.2) is 0 Å². The van der Waals surface area contributed by atoms with Crippen LogP contribution in [0.4, 0.5) is 0 Å². The second-order valence-corrected chi connectivity index (χ2v) is 2.87. The largest absolute Gasteiger partial charge is 0.312 e. The molecule has 0 aromatic carbocycles. The third kappa shape index (κ3) is 73.5. The van der Waals surface area contributed by atoms with Gasteiger partial charge < -0.3 is 4.90 Å². The number of hydrogen-bond donors (Lipinski definition) is 1. The fraction of sp³-hybridized carbons (Fsp3) is 1.00. The summed E-state index contributed by atoms with van der Waals surface area (Å²) in [4.78, 5) is 2.00. The molecule has 0 aliphatic carbocycles. The maximum Gasteiger partial charge on any atom is -0.00980 e. The summed E-state index contributed by atoms with van der Waals surface area (Å²) in [6, 6.07) is 0. The van der Waals surface area contributed by atoms with Gasteiger partial charge in [-0.1, -0.05) is 13.3 Å². The molecule has 0 aromatic rings. The quantitative estimate of drug-likeness (QED) is 0.647. The molecule has 1 nitrogen and oxygen atoms in total. The first-order valence-electron chi connectivity index (χ1n) is 3.36. The highest BCUT2D eigenvalue weighted by molar-refractivity contribution is 7.80. The fourth-order valence-electron chi connectivity index (χ4n) is 0.158. The molecule has 0 saturated carbocycles. The van der Waals surface area contributed by atoms with Crippen molar-refractivity contribution in [3.8, 4) is 0 Å². The number of hydrogen-bond acceptors (Lipinski definition) is 2. The molecule has 0 aliphatic rings. The smallest absolute Gasteiger partial charge is 0.00980 e. The summed E-state index contributed by atoms with van der Waals surface area (Å²) < 4.78 is 0. The summed E-state index contributed by atoms with van der Waals surface area (Å²) in [6.07, 6.45) is 2.52. The lowest BCUT2D eigenvalue weighted by molar-refractivity contribution is 0.505. The Labute approximate surface area is 77.0 Å². The minimum atomic E-state index is 0. The zero-order valence-corrected chi connectivity index (χ0v) is 9.13. The van der Waals surface area contributed by atoms with Crippen LogP contribution in [0.5, 0.6) is 0 Å². The van der Waals surface area contributed by atoms with E-state index in [0.29, 0.717) is 0 Å². The van der Waals surface area contributed by atoms with Gasteiger partial charge in [0.1, 0.15) is 0 Å². The number of nitrogens with zero attached hydrogens (tertiary/aromatic N) is 1. The highest BCUT2D eigenvalue weighted by atomic mass is 35.5. The monoisotopic (exact) mass is 185 g/mol. The molecule has 3 heteroatoms. The Bertz CT molecular complexity index is 37.8. The number of thiol groups is 1. The standard InChI is InChI=1S/C4H10S.C3H9N.ClH/c1-2-3-4-5;1-4(2)3;/h5H,2-4H2,1H3;1-3H3;1H. The van der Waals surface area contributed by atoms with Crippen LogP contribution in [0.25, 0.3) is 0 Å². The molecule has 0 N–H and O–H groups in total. The molecule has 0 heterocycles. The van der Waals surface area contributed by atoms with E-state index < -0.39 is 0 Å². The maximum absolute atomic E-state index is 4.00. The Balaban J connectivity index is -0.0000000910. The predicted octanol–water partition coefficient (Wildman–Crippen LogP) is 2.32. The van der Waals surface area contributed by atoms with E-state index in [4.69, 9.17) is 0 Å². The summed E-state index contributed by atoms with van der Waals surface area (Å²) in [5.41, 5.74) is 0. The molecule has 0 atom stereocenters. The Morgan fingerprint density at radius 1 is 1.20 bits per heavy atom. The van der Waals surface area contributed by atoms with Crippen LogP contribution in [0.1, 0.15) is 19.8 Å². The van der Waals surface area contributed by atoms with Gasteiger partial charge in [0.15, 0.2) is 0 Å². The lowest BCUT2D eigenvalue weighted by Gasteiger charge is -1.90. The Kier molecular flexibility index (Phi) is 27.6. The highest BCUT2D eigenvalue weighted by Gasteiger charge is 1.68. The van der Waals surface area contributed by atoms with Crippen LogP contribution in [0.2, 0.25) is 0 Å². The first kappa shape index (κ1) is 16.9. The molecule has 0 rings (SSSR count). The van der Waals surface area contributed by atoms with E-state index in [1.54, 1.807) is 0 Å². The van der Waals surface area contributed by atoms with Crippen LogP contribution >= 0.6 is 25.0 Å². The third-order valence-corrected chi connectivity index (χ3v) is 0.828. The van der Waals surface area contributed by atoms with E-state index in [9.17, 15) is 0 Å². The summed E-state index contributed by atoms with van der Waals surface area (Å²) in [5.74, 6) is 1.04. The molecule has 0 aliphatic heterocycles. The van der Waals surface area contributed by atoms with Crippen molar-refractivity contribution in [1.29, 1.82) is 0 Å². The van der Waals surface area contributed by atoms with Crippen molar-refractivity contribution in [3.63, 3.8) is 0 Å². The molecule has 0 aromatic heterocycles. The summed E-state index contributed by atoms with van der Waals surface area (Å²) in [6.45, 7) is 2.16. The van der Waals surface area contributed by atoms with E-state index in [-0.39, 0.29) is 12.4 Å². The van der Waals surface area contributed by atoms with Gasteiger partial charge in [-0.2, -0.15) is 12.6 Å². The average molecular weight is 186 g/mol. The first-order chi connectivity index (χ1) is 4.15. The minimum Gasteiger partial charge on any atom is -0.312 e. The normalized spacial score (nSPS) is 7.80. The van der Waals surface area contributed by atoms with Gasteiger partial charge in [0.25, 0.3) is 0 Å². The third-order valence-electron chi connectivity index (χ3n) is 0.512. The molecule has 0 spiro atoms. The SMILES string of the molecule is CCCCS.CN(C)C.Cl. The zero-order valence-electron chi connectivity index (χ0n) is 7.42. The van der Waals surface area contributed by atoms with E-state index in [2.05, 4.69) is 19.6 Å².